The number of esters is 1. The number of hydrogen-bond acceptors (Lipinski definition) is 3. The second-order valence-electron chi connectivity index (χ2n) is 4.20. The van der Waals surface area contributed by atoms with Gasteiger partial charge in [0, 0.05) is 26.8 Å². The van der Waals surface area contributed by atoms with Gasteiger partial charge in [0.2, 0.25) is 0 Å². The Bertz CT molecular complexity index is 435. The van der Waals surface area contributed by atoms with E-state index in [1.54, 1.807) is 38.7 Å². The summed E-state index contributed by atoms with van der Waals surface area (Å²) in [6.45, 7) is 3.46. The highest BCUT2D eigenvalue weighted by Gasteiger charge is 2.21. The first kappa shape index (κ1) is 13.3. The van der Waals surface area contributed by atoms with Crippen molar-refractivity contribution in [3.63, 3.8) is 0 Å². The minimum Gasteiger partial charge on any atom is -0.448 e. The van der Waals surface area contributed by atoms with Crippen LogP contribution in [0.3, 0.4) is 0 Å². The summed E-state index contributed by atoms with van der Waals surface area (Å²) < 4.78 is 6.83. The number of nitrogens with zero attached hydrogens (tertiary/aromatic N) is 2. The van der Waals surface area contributed by atoms with Crippen molar-refractivity contribution in [2.45, 2.75) is 20.0 Å². The van der Waals surface area contributed by atoms with Gasteiger partial charge in [-0.2, -0.15) is 0 Å². The van der Waals surface area contributed by atoms with E-state index in [1.807, 2.05) is 13.0 Å². The molecule has 0 aliphatic carbocycles. The number of aromatic nitrogens is 1. The fourth-order valence-corrected chi connectivity index (χ4v) is 1.45. The van der Waals surface area contributed by atoms with E-state index in [0.717, 1.165) is 5.69 Å². The standard InChI is InChI=1S/C12H18N2O3/c1-8-6-7-10(14(8)5)12(16)17-9(2)11(15)13(3)4/h6-7,9H,1-5H3. The highest BCUT2D eigenvalue weighted by Crippen LogP contribution is 2.09. The Morgan fingerprint density at radius 2 is 1.94 bits per heavy atom. The summed E-state index contributed by atoms with van der Waals surface area (Å²) in [5.74, 6) is -0.715. The fraction of sp³-hybridized carbons (Fsp3) is 0.500. The maximum Gasteiger partial charge on any atom is 0.355 e. The van der Waals surface area contributed by atoms with Gasteiger partial charge in [0.15, 0.2) is 6.10 Å². The molecule has 5 nitrogen and oxygen atoms in total. The van der Waals surface area contributed by atoms with Crippen LogP contribution >= 0.6 is 0 Å². The molecule has 17 heavy (non-hydrogen) atoms. The van der Waals surface area contributed by atoms with Crippen molar-refractivity contribution >= 4 is 11.9 Å². The molecular weight excluding hydrogens is 220 g/mol. The fourth-order valence-electron chi connectivity index (χ4n) is 1.45. The molecule has 1 aromatic rings. The number of rotatable bonds is 3. The SMILES string of the molecule is Cc1ccc(C(=O)OC(C)C(=O)N(C)C)n1C. The minimum absolute atomic E-state index is 0.232. The number of carbonyl (C=O) groups excluding carboxylic acids is 2. The lowest BCUT2D eigenvalue weighted by atomic mass is 10.3. The topological polar surface area (TPSA) is 51.5 Å². The monoisotopic (exact) mass is 238 g/mol. The average molecular weight is 238 g/mol. The Morgan fingerprint density at radius 1 is 1.35 bits per heavy atom. The van der Waals surface area contributed by atoms with E-state index in [1.165, 1.54) is 4.90 Å². The number of carbonyl (C=O) groups is 2. The van der Waals surface area contributed by atoms with Crippen LogP contribution < -0.4 is 0 Å². The van der Waals surface area contributed by atoms with Gasteiger partial charge in [0.1, 0.15) is 5.69 Å². The average Bonchev–Trinajstić information content (AvgIpc) is 2.58. The summed E-state index contributed by atoms with van der Waals surface area (Å²) in [7, 11) is 5.03. The molecule has 0 spiro atoms. The zero-order valence-corrected chi connectivity index (χ0v) is 10.9. The Morgan fingerprint density at radius 3 is 2.35 bits per heavy atom. The third kappa shape index (κ3) is 2.87. The van der Waals surface area contributed by atoms with Gasteiger partial charge in [0.05, 0.1) is 0 Å². The van der Waals surface area contributed by atoms with Gasteiger partial charge in [-0.05, 0) is 26.0 Å². The molecule has 0 saturated heterocycles. The third-order valence-corrected chi connectivity index (χ3v) is 2.65. The molecule has 1 atom stereocenters. The number of hydrogen-bond donors (Lipinski definition) is 0. The molecule has 1 aromatic heterocycles. The molecule has 0 N–H and O–H groups in total. The summed E-state index contributed by atoms with van der Waals surface area (Å²) in [6.07, 6.45) is -0.771. The van der Waals surface area contributed by atoms with Crippen molar-refractivity contribution in [3.8, 4) is 0 Å². The first-order valence-corrected chi connectivity index (χ1v) is 5.39. The lowest BCUT2D eigenvalue weighted by Crippen LogP contribution is -2.35. The summed E-state index contributed by atoms with van der Waals surface area (Å²) in [5, 5.41) is 0. The van der Waals surface area contributed by atoms with E-state index >= 15 is 0 Å². The van der Waals surface area contributed by atoms with Crippen molar-refractivity contribution < 1.29 is 14.3 Å². The predicted octanol–water partition coefficient (Wildman–Crippen LogP) is 0.967. The van der Waals surface area contributed by atoms with Gasteiger partial charge in [-0.25, -0.2) is 4.79 Å². The highest BCUT2D eigenvalue weighted by molar-refractivity contribution is 5.91. The normalized spacial score (nSPS) is 12.1. The molecule has 0 fully saturated rings. The van der Waals surface area contributed by atoms with Crippen molar-refractivity contribution in [2.24, 2.45) is 7.05 Å². The predicted molar refractivity (Wildman–Crippen MR) is 63.7 cm³/mol. The maximum atomic E-state index is 11.8. The summed E-state index contributed by atoms with van der Waals surface area (Å²) >= 11 is 0. The molecular formula is C12H18N2O3. The second kappa shape index (κ2) is 5.03. The molecule has 0 aliphatic heterocycles. The minimum atomic E-state index is -0.771. The molecule has 0 aromatic carbocycles. The van der Waals surface area contributed by atoms with Crippen LogP contribution in [0.2, 0.25) is 0 Å². The van der Waals surface area contributed by atoms with Gasteiger partial charge < -0.3 is 14.2 Å². The highest BCUT2D eigenvalue weighted by atomic mass is 16.5. The van der Waals surface area contributed by atoms with Crippen LogP contribution in [0.15, 0.2) is 12.1 Å². The van der Waals surface area contributed by atoms with Gasteiger partial charge in [-0.3, -0.25) is 4.79 Å². The first-order chi connectivity index (χ1) is 7.84. The van der Waals surface area contributed by atoms with E-state index in [9.17, 15) is 9.59 Å². The molecule has 0 saturated carbocycles. The lowest BCUT2D eigenvalue weighted by molar-refractivity contribution is -0.137. The smallest absolute Gasteiger partial charge is 0.355 e. The van der Waals surface area contributed by atoms with Crippen molar-refractivity contribution in [2.75, 3.05) is 14.1 Å². The van der Waals surface area contributed by atoms with Crippen LogP contribution in [0.5, 0.6) is 0 Å². The summed E-state index contributed by atoms with van der Waals surface area (Å²) in [5.41, 5.74) is 1.41. The molecule has 1 unspecified atom stereocenters. The second-order valence-corrected chi connectivity index (χ2v) is 4.20. The van der Waals surface area contributed by atoms with Crippen molar-refractivity contribution in [3.05, 3.63) is 23.5 Å². The summed E-state index contributed by atoms with van der Waals surface area (Å²) in [4.78, 5) is 24.7. The van der Waals surface area contributed by atoms with Gasteiger partial charge >= 0.3 is 5.97 Å². The quantitative estimate of drug-likeness (QED) is 0.737. The number of aryl methyl sites for hydroxylation is 1. The van der Waals surface area contributed by atoms with E-state index in [0.29, 0.717) is 5.69 Å². The third-order valence-electron chi connectivity index (χ3n) is 2.65. The first-order valence-electron chi connectivity index (χ1n) is 5.39. The molecule has 1 heterocycles. The lowest BCUT2D eigenvalue weighted by Gasteiger charge is -2.17. The van der Waals surface area contributed by atoms with Gasteiger partial charge in [0.25, 0.3) is 5.91 Å². The van der Waals surface area contributed by atoms with Crippen molar-refractivity contribution in [1.29, 1.82) is 0 Å². The van der Waals surface area contributed by atoms with E-state index in [4.69, 9.17) is 4.74 Å². The molecule has 1 rings (SSSR count). The molecule has 94 valence electrons. The van der Waals surface area contributed by atoms with Gasteiger partial charge in [-0.15, -0.1) is 0 Å². The van der Waals surface area contributed by atoms with Crippen LogP contribution in [0.1, 0.15) is 23.1 Å². The Hall–Kier alpha value is -1.78. The van der Waals surface area contributed by atoms with Crippen LogP contribution in [-0.2, 0) is 16.6 Å². The molecule has 5 heteroatoms. The molecule has 1 amide bonds. The maximum absolute atomic E-state index is 11.8. The molecule has 0 aliphatic rings. The van der Waals surface area contributed by atoms with Gasteiger partial charge in [-0.1, -0.05) is 0 Å². The number of likely N-dealkylation sites (N-methyl/N-ethyl adjacent to an activating group) is 1. The molecule has 0 bridgehead atoms. The van der Waals surface area contributed by atoms with Crippen LogP contribution in [0.4, 0.5) is 0 Å². The van der Waals surface area contributed by atoms with Crippen molar-refractivity contribution in [1.82, 2.24) is 9.47 Å². The van der Waals surface area contributed by atoms with Crippen LogP contribution in [0.25, 0.3) is 0 Å². The van der Waals surface area contributed by atoms with E-state index < -0.39 is 12.1 Å². The Kier molecular flexibility index (Phi) is 3.93. The number of amides is 1. The van der Waals surface area contributed by atoms with Crippen LogP contribution in [0, 0.1) is 6.92 Å². The summed E-state index contributed by atoms with van der Waals surface area (Å²) in [6, 6.07) is 3.51. The number of ether oxygens (including phenoxy) is 1. The largest absolute Gasteiger partial charge is 0.448 e. The zero-order valence-electron chi connectivity index (χ0n) is 10.9. The van der Waals surface area contributed by atoms with Crippen LogP contribution in [-0.4, -0.2) is 41.5 Å². The molecule has 0 radical (unpaired) electrons. The van der Waals surface area contributed by atoms with E-state index in [2.05, 4.69) is 0 Å². The van der Waals surface area contributed by atoms with E-state index in [-0.39, 0.29) is 5.91 Å². The zero-order chi connectivity index (χ0) is 13.2. The Labute approximate surface area is 101 Å². The Balaban J connectivity index is 2.74.